The Bertz CT molecular complexity index is 1570. The number of carbonyl (C=O) groups is 3. The van der Waals surface area contributed by atoms with Crippen molar-refractivity contribution in [1.29, 1.82) is 5.26 Å². The summed E-state index contributed by atoms with van der Waals surface area (Å²) in [4.78, 5) is 40.1. The normalized spacial score (nSPS) is 28.3. The summed E-state index contributed by atoms with van der Waals surface area (Å²) in [7, 11) is 2.77. The molecule has 234 valence electrons. The topological polar surface area (TPSA) is 205 Å². The van der Waals surface area contributed by atoms with Crippen LogP contribution in [0.5, 0.6) is 17.2 Å². The predicted molar refractivity (Wildman–Crippen MR) is 151 cm³/mol. The van der Waals surface area contributed by atoms with Gasteiger partial charge in [0.05, 0.1) is 54.8 Å². The van der Waals surface area contributed by atoms with E-state index in [0.29, 0.717) is 0 Å². The van der Waals surface area contributed by atoms with Crippen LogP contribution in [0.15, 0.2) is 18.2 Å². The predicted octanol–water partition coefficient (Wildman–Crippen LogP) is 1.20. The number of methoxy groups -OCH3 is 2. The molecule has 0 saturated carbocycles. The summed E-state index contributed by atoms with van der Waals surface area (Å²) >= 11 is 0. The summed E-state index contributed by atoms with van der Waals surface area (Å²) in [6.45, 7) is 2.82. The van der Waals surface area contributed by atoms with Crippen molar-refractivity contribution in [2.75, 3.05) is 20.8 Å². The van der Waals surface area contributed by atoms with E-state index in [1.165, 1.54) is 39.3 Å². The Morgan fingerprint density at radius 2 is 1.89 bits per heavy atom. The Balaban J connectivity index is 1.59. The molecular weight excluding hydrogens is 576 g/mol. The number of phenolic OH excluding ortho intramolecular Hbond substituents is 2. The number of nitrogens with zero attached hydrogens (tertiary/aromatic N) is 1. The minimum absolute atomic E-state index is 0.0113. The van der Waals surface area contributed by atoms with Crippen molar-refractivity contribution < 1.29 is 53.8 Å². The molecule has 5 N–H and O–H groups in total. The molecule has 0 radical (unpaired) electrons. The van der Waals surface area contributed by atoms with Gasteiger partial charge in [0.25, 0.3) is 0 Å². The van der Waals surface area contributed by atoms with Gasteiger partial charge in [-0.1, -0.05) is 12.1 Å². The van der Waals surface area contributed by atoms with E-state index >= 15 is 0 Å². The molecule has 5 rings (SSSR count). The molecular formula is C31H34N2O11. The van der Waals surface area contributed by atoms with E-state index in [4.69, 9.17) is 18.9 Å². The second kappa shape index (κ2) is 11.9. The molecule has 1 heterocycles. The van der Waals surface area contributed by atoms with Crippen molar-refractivity contribution in [3.8, 4) is 23.3 Å². The maximum absolute atomic E-state index is 13.8. The third-order valence-electron chi connectivity index (χ3n) is 8.66. The summed E-state index contributed by atoms with van der Waals surface area (Å²) in [5.41, 5.74) is -3.26. The molecule has 1 fully saturated rings. The molecule has 1 aliphatic heterocycles. The standard InChI is InChI=1S/C31H34N2O11/c1-13-26(35)18(33-15(11-32)12-41-3)8-21(43-13)44-20-10-31(40,14(2)34)9-17-23(20)30(39)25-24(28(17)37)27(36)16-6-5-7-19(42-4)22(16)29(25)38/h5-7,13,15,18,20-21,26,33,35,37,39-40H,8-10,12H2,1-4H3/t13-,15?,18-,20-,21-,26+,31-/m0/s1. The second-order valence-electron chi connectivity index (χ2n) is 11.4. The summed E-state index contributed by atoms with van der Waals surface area (Å²) < 4.78 is 22.5. The number of Topliss-reactive ketones (excluding diaryl/α,β-unsaturated/α-hetero) is 1. The van der Waals surface area contributed by atoms with Crippen LogP contribution in [0, 0.1) is 11.3 Å². The number of ether oxygens (including phenoxy) is 4. The number of hydrogen-bond donors (Lipinski definition) is 5. The zero-order chi connectivity index (χ0) is 32.1. The van der Waals surface area contributed by atoms with Gasteiger partial charge in [0.15, 0.2) is 17.9 Å². The zero-order valence-electron chi connectivity index (χ0n) is 24.6. The molecule has 0 amide bonds. The number of nitrogens with one attached hydrogen (secondary N) is 1. The lowest BCUT2D eigenvalue weighted by Gasteiger charge is -2.43. The van der Waals surface area contributed by atoms with E-state index in [1.807, 2.05) is 0 Å². The maximum Gasteiger partial charge on any atom is 0.202 e. The first kappa shape index (κ1) is 31.5. The molecule has 1 saturated heterocycles. The van der Waals surface area contributed by atoms with Crippen molar-refractivity contribution in [2.45, 2.75) is 75.4 Å². The highest BCUT2D eigenvalue weighted by atomic mass is 16.7. The van der Waals surface area contributed by atoms with Gasteiger partial charge in [-0.05, 0) is 19.9 Å². The third kappa shape index (κ3) is 5.13. The van der Waals surface area contributed by atoms with Crippen LogP contribution in [0.2, 0.25) is 0 Å². The number of rotatable bonds is 8. The molecule has 0 spiro atoms. The van der Waals surface area contributed by atoms with Gasteiger partial charge in [0.1, 0.15) is 28.9 Å². The first-order valence-electron chi connectivity index (χ1n) is 14.1. The summed E-state index contributed by atoms with van der Waals surface area (Å²) in [5.74, 6) is -3.33. The number of aromatic hydroxyl groups is 2. The Morgan fingerprint density at radius 1 is 1.18 bits per heavy atom. The van der Waals surface area contributed by atoms with Crippen LogP contribution in [0.1, 0.15) is 75.8 Å². The summed E-state index contributed by atoms with van der Waals surface area (Å²) in [6, 6.07) is 5.03. The van der Waals surface area contributed by atoms with Crippen molar-refractivity contribution in [3.63, 3.8) is 0 Å². The molecule has 0 aromatic heterocycles. The highest BCUT2D eigenvalue weighted by molar-refractivity contribution is 6.31. The minimum atomic E-state index is -2.06. The van der Waals surface area contributed by atoms with Crippen LogP contribution >= 0.6 is 0 Å². The fourth-order valence-corrected chi connectivity index (χ4v) is 6.34. The highest BCUT2D eigenvalue weighted by Gasteiger charge is 2.49. The second-order valence-corrected chi connectivity index (χ2v) is 11.4. The van der Waals surface area contributed by atoms with E-state index in [1.54, 1.807) is 6.92 Å². The van der Waals surface area contributed by atoms with E-state index in [9.17, 15) is 40.1 Å². The van der Waals surface area contributed by atoms with E-state index < -0.39 is 88.7 Å². The van der Waals surface area contributed by atoms with Gasteiger partial charge < -0.3 is 39.4 Å². The average Bonchev–Trinajstić information content (AvgIpc) is 2.99. The van der Waals surface area contributed by atoms with Gasteiger partial charge in [0, 0.05) is 49.1 Å². The number of fused-ring (bicyclic) bond motifs is 3. The Labute approximate surface area is 252 Å². The average molecular weight is 611 g/mol. The van der Waals surface area contributed by atoms with Gasteiger partial charge in [0.2, 0.25) is 5.78 Å². The number of phenols is 2. The number of benzene rings is 2. The van der Waals surface area contributed by atoms with Crippen molar-refractivity contribution in [1.82, 2.24) is 5.32 Å². The number of carbonyl (C=O) groups excluding carboxylic acids is 3. The molecule has 44 heavy (non-hydrogen) atoms. The van der Waals surface area contributed by atoms with Gasteiger partial charge >= 0.3 is 0 Å². The van der Waals surface area contributed by atoms with Crippen molar-refractivity contribution in [2.24, 2.45) is 0 Å². The molecule has 3 aliphatic rings. The SMILES string of the molecule is COCC(C#N)N[C@H]1C[C@H](O[C@H]2C[C@](O)(C(C)=O)Cc3c(O)c4c(c(O)c32)C(=O)c2c(OC)cccc2C4=O)O[C@@H](C)[C@H]1O. The Hall–Kier alpha value is -3.90. The van der Waals surface area contributed by atoms with Crippen LogP contribution in [0.3, 0.4) is 0 Å². The number of nitriles is 1. The lowest BCUT2D eigenvalue weighted by molar-refractivity contribution is -0.250. The summed E-state index contributed by atoms with van der Waals surface area (Å²) in [6.07, 6.45) is -5.02. The van der Waals surface area contributed by atoms with E-state index in [0.717, 1.165) is 0 Å². The molecule has 2 aromatic carbocycles. The lowest BCUT2D eigenvalue weighted by Crippen LogP contribution is -2.57. The van der Waals surface area contributed by atoms with Gasteiger partial charge in [-0.25, -0.2) is 0 Å². The van der Waals surface area contributed by atoms with Gasteiger partial charge in [-0.3, -0.25) is 19.7 Å². The van der Waals surface area contributed by atoms with Crippen molar-refractivity contribution in [3.05, 3.63) is 51.6 Å². The van der Waals surface area contributed by atoms with Gasteiger partial charge in [-0.2, -0.15) is 5.26 Å². The molecule has 7 atom stereocenters. The highest BCUT2D eigenvalue weighted by Crippen LogP contribution is 2.52. The molecule has 2 aromatic rings. The first-order chi connectivity index (χ1) is 20.9. The largest absolute Gasteiger partial charge is 0.507 e. The van der Waals surface area contributed by atoms with Crippen molar-refractivity contribution >= 4 is 17.3 Å². The zero-order valence-corrected chi connectivity index (χ0v) is 24.6. The smallest absolute Gasteiger partial charge is 0.202 e. The Morgan fingerprint density at radius 3 is 2.52 bits per heavy atom. The van der Waals surface area contributed by atoms with Crippen LogP contribution in [-0.4, -0.2) is 94.8 Å². The molecule has 0 bridgehead atoms. The fraction of sp³-hybridized carbons (Fsp3) is 0.484. The molecule has 13 heteroatoms. The Kier molecular flexibility index (Phi) is 8.52. The van der Waals surface area contributed by atoms with Crippen LogP contribution in [-0.2, 0) is 25.4 Å². The number of aliphatic hydroxyl groups is 2. The van der Waals surface area contributed by atoms with E-state index in [-0.39, 0.29) is 47.5 Å². The number of ketones is 3. The molecule has 1 unspecified atom stereocenters. The van der Waals surface area contributed by atoms with Crippen LogP contribution < -0.4 is 10.1 Å². The molecule has 13 nitrogen and oxygen atoms in total. The summed E-state index contributed by atoms with van der Waals surface area (Å²) in [5, 5.41) is 57.7. The fourth-order valence-electron chi connectivity index (χ4n) is 6.34. The number of hydrogen-bond acceptors (Lipinski definition) is 13. The van der Waals surface area contributed by atoms with Crippen LogP contribution in [0.25, 0.3) is 0 Å². The third-order valence-corrected chi connectivity index (χ3v) is 8.66. The van der Waals surface area contributed by atoms with E-state index in [2.05, 4.69) is 11.4 Å². The quantitative estimate of drug-likeness (QED) is 0.228. The molecule has 2 aliphatic carbocycles. The number of aliphatic hydroxyl groups excluding tert-OH is 1. The van der Waals surface area contributed by atoms with Crippen LogP contribution in [0.4, 0.5) is 0 Å². The van der Waals surface area contributed by atoms with Gasteiger partial charge in [-0.15, -0.1) is 0 Å². The first-order valence-corrected chi connectivity index (χ1v) is 14.1. The maximum atomic E-state index is 13.8. The lowest BCUT2D eigenvalue weighted by atomic mass is 9.72. The minimum Gasteiger partial charge on any atom is -0.507 e. The monoisotopic (exact) mass is 610 g/mol.